The van der Waals surface area contributed by atoms with E-state index < -0.39 is 5.91 Å². The second-order valence-electron chi connectivity index (χ2n) is 3.11. The Balaban J connectivity index is 2.08. The summed E-state index contributed by atoms with van der Waals surface area (Å²) in [6.07, 6.45) is 2.95. The maximum atomic E-state index is 10.3. The number of nitrogens with two attached hydrogens (primary N) is 1. The Morgan fingerprint density at radius 2 is 2.38 bits per heavy atom. The zero-order valence-electron chi connectivity index (χ0n) is 7.62. The highest BCUT2D eigenvalue weighted by molar-refractivity contribution is 5.74. The van der Waals surface area contributed by atoms with E-state index in [-0.39, 0.29) is 12.6 Å². The van der Waals surface area contributed by atoms with Gasteiger partial charge in [0.05, 0.1) is 0 Å². The molecule has 3 N–H and O–H groups in total. The molecule has 1 amide bonds. The number of rotatable bonds is 4. The first-order valence-corrected chi connectivity index (χ1v) is 4.52. The van der Waals surface area contributed by atoms with Crippen LogP contribution in [0.1, 0.15) is 19.3 Å². The lowest BCUT2D eigenvalue weighted by molar-refractivity contribution is -0.126. The first-order valence-electron chi connectivity index (χ1n) is 4.52. The van der Waals surface area contributed by atoms with Crippen molar-refractivity contribution in [2.24, 2.45) is 5.73 Å². The van der Waals surface area contributed by atoms with E-state index in [9.17, 15) is 4.79 Å². The van der Waals surface area contributed by atoms with E-state index in [1.165, 1.54) is 0 Å². The number of nitrogens with one attached hydrogen (secondary N) is 1. The zero-order chi connectivity index (χ0) is 9.52. The molecule has 1 aliphatic heterocycles. The molecule has 0 aromatic rings. The van der Waals surface area contributed by atoms with Gasteiger partial charge in [-0.2, -0.15) is 5.48 Å². The fraction of sp³-hybridized carbons (Fsp3) is 0.875. The van der Waals surface area contributed by atoms with Gasteiger partial charge in [-0.25, -0.2) is 0 Å². The first-order chi connectivity index (χ1) is 6.29. The van der Waals surface area contributed by atoms with Gasteiger partial charge in [0.1, 0.15) is 6.61 Å². The highest BCUT2D eigenvalue weighted by Crippen LogP contribution is 2.07. The summed E-state index contributed by atoms with van der Waals surface area (Å²) in [7, 11) is 0. The van der Waals surface area contributed by atoms with E-state index in [0.717, 1.165) is 32.5 Å². The van der Waals surface area contributed by atoms with Crippen LogP contribution in [-0.2, 0) is 14.4 Å². The molecule has 1 atom stereocenters. The smallest absolute Gasteiger partial charge is 0.245 e. The summed E-state index contributed by atoms with van der Waals surface area (Å²) in [5.74, 6) is -0.461. The normalized spacial score (nSPS) is 23.8. The molecule has 1 heterocycles. The van der Waals surface area contributed by atoms with Crippen LogP contribution in [0.25, 0.3) is 0 Å². The number of hydrogen-bond acceptors (Lipinski definition) is 4. The van der Waals surface area contributed by atoms with Crippen LogP contribution < -0.4 is 11.2 Å². The van der Waals surface area contributed by atoms with Crippen LogP contribution in [0.15, 0.2) is 0 Å². The molecule has 76 valence electrons. The second-order valence-corrected chi connectivity index (χ2v) is 3.11. The molecule has 0 saturated carbocycles. The Hall–Kier alpha value is -0.650. The van der Waals surface area contributed by atoms with Crippen molar-refractivity contribution in [3.63, 3.8) is 0 Å². The maximum absolute atomic E-state index is 10.3. The topological polar surface area (TPSA) is 73.6 Å². The second kappa shape index (κ2) is 5.90. The van der Waals surface area contributed by atoms with Gasteiger partial charge in [-0.1, -0.05) is 0 Å². The van der Waals surface area contributed by atoms with Gasteiger partial charge < -0.3 is 10.5 Å². The molecular formula is C8H16N2O3. The van der Waals surface area contributed by atoms with Gasteiger partial charge in [0, 0.05) is 19.3 Å². The fourth-order valence-electron chi connectivity index (χ4n) is 1.25. The third-order valence-corrected chi connectivity index (χ3v) is 1.92. The molecule has 0 spiro atoms. The molecule has 5 heteroatoms. The fourth-order valence-corrected chi connectivity index (χ4v) is 1.25. The van der Waals surface area contributed by atoms with Crippen molar-refractivity contribution < 1.29 is 14.4 Å². The average molecular weight is 188 g/mol. The minimum Gasteiger partial charge on any atom is -0.381 e. The summed E-state index contributed by atoms with van der Waals surface area (Å²) in [4.78, 5) is 15.3. The molecule has 0 bridgehead atoms. The molecule has 1 fully saturated rings. The Morgan fingerprint density at radius 1 is 1.54 bits per heavy atom. The van der Waals surface area contributed by atoms with Crippen LogP contribution in [0.4, 0.5) is 0 Å². The molecule has 5 nitrogen and oxygen atoms in total. The van der Waals surface area contributed by atoms with Gasteiger partial charge in [-0.3, -0.25) is 9.63 Å². The van der Waals surface area contributed by atoms with Crippen LogP contribution in [0.3, 0.4) is 0 Å². The summed E-state index contributed by atoms with van der Waals surface area (Å²) < 4.78 is 5.26. The predicted molar refractivity (Wildman–Crippen MR) is 46.7 cm³/mol. The van der Waals surface area contributed by atoms with E-state index in [1.54, 1.807) is 0 Å². The molecule has 1 aliphatic rings. The van der Waals surface area contributed by atoms with Crippen molar-refractivity contribution in [2.45, 2.75) is 25.3 Å². The van der Waals surface area contributed by atoms with Crippen molar-refractivity contribution in [1.82, 2.24) is 5.48 Å². The molecule has 1 unspecified atom stereocenters. The number of ether oxygens (including phenoxy) is 1. The van der Waals surface area contributed by atoms with Gasteiger partial charge in [-0.05, 0) is 19.3 Å². The van der Waals surface area contributed by atoms with Gasteiger partial charge in [0.25, 0.3) is 0 Å². The number of primary amides is 1. The molecular weight excluding hydrogens is 172 g/mol. The molecule has 13 heavy (non-hydrogen) atoms. The SMILES string of the molecule is NC(=O)CONC1CCCOCC1. The third-order valence-electron chi connectivity index (χ3n) is 1.92. The summed E-state index contributed by atoms with van der Waals surface area (Å²) in [6, 6.07) is 0.279. The van der Waals surface area contributed by atoms with Crippen LogP contribution >= 0.6 is 0 Å². The van der Waals surface area contributed by atoms with Gasteiger partial charge in [-0.15, -0.1) is 0 Å². The monoisotopic (exact) mass is 188 g/mol. The van der Waals surface area contributed by atoms with Gasteiger partial charge >= 0.3 is 0 Å². The number of amides is 1. The minimum atomic E-state index is -0.461. The van der Waals surface area contributed by atoms with Crippen LogP contribution in [0.2, 0.25) is 0 Å². The molecule has 1 rings (SSSR count). The molecule has 0 aliphatic carbocycles. The molecule has 0 radical (unpaired) electrons. The Labute approximate surface area is 77.5 Å². The summed E-state index contributed by atoms with van der Waals surface area (Å²) in [5.41, 5.74) is 7.72. The molecule has 0 aromatic heterocycles. The highest BCUT2D eigenvalue weighted by atomic mass is 16.6. The number of hydrogen-bond donors (Lipinski definition) is 2. The van der Waals surface area contributed by atoms with Crippen LogP contribution in [-0.4, -0.2) is 31.8 Å². The average Bonchev–Trinajstić information content (AvgIpc) is 2.32. The summed E-state index contributed by atoms with van der Waals surface area (Å²) in [6.45, 7) is 1.49. The standard InChI is InChI=1S/C8H16N2O3/c9-8(11)6-13-10-7-2-1-4-12-5-3-7/h7,10H,1-6H2,(H2,9,11). The van der Waals surface area contributed by atoms with E-state index in [2.05, 4.69) is 5.48 Å². The zero-order valence-corrected chi connectivity index (χ0v) is 7.62. The quantitative estimate of drug-likeness (QED) is 0.587. The van der Waals surface area contributed by atoms with Crippen molar-refractivity contribution >= 4 is 5.91 Å². The lowest BCUT2D eigenvalue weighted by atomic mass is 10.1. The van der Waals surface area contributed by atoms with E-state index in [0.29, 0.717) is 0 Å². The van der Waals surface area contributed by atoms with E-state index in [1.807, 2.05) is 0 Å². The third kappa shape index (κ3) is 4.82. The largest absolute Gasteiger partial charge is 0.381 e. The maximum Gasteiger partial charge on any atom is 0.245 e. The molecule has 1 saturated heterocycles. The molecule has 0 aromatic carbocycles. The predicted octanol–water partition coefficient (Wildman–Crippen LogP) is -0.438. The summed E-state index contributed by atoms with van der Waals surface area (Å²) in [5, 5.41) is 0. The Kier molecular flexibility index (Phi) is 4.74. The van der Waals surface area contributed by atoms with Crippen molar-refractivity contribution in [3.05, 3.63) is 0 Å². The van der Waals surface area contributed by atoms with E-state index >= 15 is 0 Å². The van der Waals surface area contributed by atoms with Crippen LogP contribution in [0, 0.1) is 0 Å². The van der Waals surface area contributed by atoms with Gasteiger partial charge in [0.15, 0.2) is 0 Å². The lowest BCUT2D eigenvalue weighted by Crippen LogP contribution is -2.33. The Morgan fingerprint density at radius 3 is 3.15 bits per heavy atom. The van der Waals surface area contributed by atoms with Crippen molar-refractivity contribution in [3.8, 4) is 0 Å². The Bertz CT molecular complexity index is 155. The van der Waals surface area contributed by atoms with Crippen molar-refractivity contribution in [2.75, 3.05) is 19.8 Å². The number of hydroxylamine groups is 1. The number of carbonyl (C=O) groups excluding carboxylic acids is 1. The number of carbonyl (C=O) groups is 1. The van der Waals surface area contributed by atoms with E-state index in [4.69, 9.17) is 15.3 Å². The highest BCUT2D eigenvalue weighted by Gasteiger charge is 2.11. The van der Waals surface area contributed by atoms with Gasteiger partial charge in [0.2, 0.25) is 5.91 Å². The van der Waals surface area contributed by atoms with Crippen LogP contribution in [0.5, 0.6) is 0 Å². The van der Waals surface area contributed by atoms with Crippen molar-refractivity contribution in [1.29, 1.82) is 0 Å². The summed E-state index contributed by atoms with van der Waals surface area (Å²) >= 11 is 0. The first kappa shape index (κ1) is 10.4. The lowest BCUT2D eigenvalue weighted by Gasteiger charge is -2.14. The minimum absolute atomic E-state index is 0.0721.